The topological polar surface area (TPSA) is 0 Å². The molecule has 0 aliphatic heterocycles. The molecular weight excluding hydrogens is 913 g/mol. The zero-order valence-corrected chi connectivity index (χ0v) is 46.2. The Labute approximate surface area is 446 Å². The summed E-state index contributed by atoms with van der Waals surface area (Å²) in [4.78, 5) is 0. The first-order chi connectivity index (χ1) is 36.2. The Kier molecular flexibility index (Phi) is 8.99. The molecule has 15 rings (SSSR count). The highest BCUT2D eigenvalue weighted by Crippen LogP contribution is 2.61. The van der Waals surface area contributed by atoms with Gasteiger partial charge in [-0.15, -0.1) is 0 Å². The average Bonchev–Trinajstić information content (AvgIpc) is 3.85. The van der Waals surface area contributed by atoms with Crippen molar-refractivity contribution in [1.29, 1.82) is 0 Å². The van der Waals surface area contributed by atoms with Gasteiger partial charge in [0, 0.05) is 0 Å². The highest BCUT2D eigenvalue weighted by Gasteiger charge is 2.35. The van der Waals surface area contributed by atoms with E-state index in [1.807, 2.05) is 0 Å². The van der Waals surface area contributed by atoms with Crippen molar-refractivity contribution < 1.29 is 0 Å². The van der Waals surface area contributed by atoms with E-state index in [1.54, 1.807) is 0 Å². The molecule has 1 aliphatic rings. The third kappa shape index (κ3) is 6.37. The maximum atomic E-state index is 2.61. The van der Waals surface area contributed by atoms with E-state index < -0.39 is 0 Å². The van der Waals surface area contributed by atoms with Crippen LogP contribution in [0.3, 0.4) is 0 Å². The average molecular weight is 977 g/mol. The second-order valence-corrected chi connectivity index (χ2v) is 26.9. The molecular formula is C76H64. The molecule has 0 bridgehead atoms. The number of benzene rings is 14. The van der Waals surface area contributed by atoms with Gasteiger partial charge in [-0.25, -0.2) is 0 Å². The van der Waals surface area contributed by atoms with Crippen molar-refractivity contribution in [3.63, 3.8) is 0 Å². The molecule has 0 saturated carbocycles. The summed E-state index contributed by atoms with van der Waals surface area (Å²) in [5.41, 5.74) is 15.8. The molecule has 14 aromatic carbocycles. The first-order valence-corrected chi connectivity index (χ1v) is 27.7. The maximum Gasteiger partial charge on any atom is -0.000696 e. The molecule has 0 atom stereocenters. The van der Waals surface area contributed by atoms with Gasteiger partial charge in [-0.2, -0.15) is 0 Å². The third-order valence-corrected chi connectivity index (χ3v) is 17.9. The van der Waals surface area contributed by atoms with Crippen molar-refractivity contribution in [2.75, 3.05) is 0 Å². The molecule has 76 heavy (non-hydrogen) atoms. The van der Waals surface area contributed by atoms with Crippen molar-refractivity contribution in [1.82, 2.24) is 0 Å². The minimum atomic E-state index is -0.0711. The minimum absolute atomic E-state index is 0.0299. The van der Waals surface area contributed by atoms with Gasteiger partial charge >= 0.3 is 0 Å². The molecule has 14 aromatic rings. The van der Waals surface area contributed by atoms with Gasteiger partial charge in [0.1, 0.15) is 0 Å². The highest BCUT2D eigenvalue weighted by atomic mass is 14.4. The van der Waals surface area contributed by atoms with E-state index in [-0.39, 0.29) is 21.7 Å². The number of hydrogen-bond donors (Lipinski definition) is 0. The normalized spacial score (nSPS) is 13.5. The molecule has 368 valence electrons. The summed E-state index contributed by atoms with van der Waals surface area (Å²) in [6.45, 7) is 28.4. The zero-order chi connectivity index (χ0) is 52.3. The van der Waals surface area contributed by atoms with E-state index in [9.17, 15) is 0 Å². The van der Waals surface area contributed by atoms with Crippen LogP contribution in [0.25, 0.3) is 152 Å². The second-order valence-electron chi connectivity index (χ2n) is 26.9. The molecule has 0 aromatic heterocycles. The number of rotatable bonds is 2. The standard InChI is InChI=1S/C76H64/c1-73(2,3)50-28-44-24-26-46-30-52(75(7,8)9)39-61-59(37-48(32-50)64(44)66(46)61)69-57-34-41-18-13-14-19-42(41)35-58(57)70(72-63-36-43-20-15-16-21-54(43)55-22-17-23-56(68(55)63)71(69)72)60-38-49-33-51(74(4,5)6)29-45-25-27-47-31-53(76(10,11)12)40-62(60)67(47)65(45)49/h13-40H,1-12H3. The largest absolute Gasteiger partial charge is 0.0616 e. The Morgan fingerprint density at radius 3 is 1.03 bits per heavy atom. The molecule has 0 fully saturated rings. The molecule has 0 heterocycles. The smallest absolute Gasteiger partial charge is 0.000696 e. The van der Waals surface area contributed by atoms with Gasteiger partial charge in [0.2, 0.25) is 0 Å². The molecule has 0 amide bonds. The van der Waals surface area contributed by atoms with Crippen LogP contribution < -0.4 is 0 Å². The fraction of sp³-hybridized carbons (Fsp3) is 0.211. The van der Waals surface area contributed by atoms with Crippen molar-refractivity contribution in [2.45, 2.75) is 105 Å². The number of fused-ring (bicyclic) bond motifs is 7. The van der Waals surface area contributed by atoms with Crippen LogP contribution >= 0.6 is 0 Å². The van der Waals surface area contributed by atoms with E-state index in [4.69, 9.17) is 0 Å². The van der Waals surface area contributed by atoms with Crippen LogP contribution in [-0.2, 0) is 21.7 Å². The summed E-state index contributed by atoms with van der Waals surface area (Å²) in [7, 11) is 0. The quantitative estimate of drug-likeness (QED) is 0.120. The fourth-order valence-corrected chi connectivity index (χ4v) is 13.8. The van der Waals surface area contributed by atoms with E-state index in [0.717, 1.165) is 0 Å². The van der Waals surface area contributed by atoms with Gasteiger partial charge in [0.05, 0.1) is 0 Å². The minimum Gasteiger partial charge on any atom is -0.0616 e. The van der Waals surface area contributed by atoms with Gasteiger partial charge < -0.3 is 0 Å². The van der Waals surface area contributed by atoms with Crippen LogP contribution in [0, 0.1) is 0 Å². The monoisotopic (exact) mass is 977 g/mol. The van der Waals surface area contributed by atoms with Crippen molar-refractivity contribution in [3.05, 3.63) is 192 Å². The molecule has 0 nitrogen and oxygen atoms in total. The SMILES string of the molecule is CC(C)(C)c1cc2ccc3cc(C(C)(C)C)cc4c(-c5c6c(c(-c7cc8cc(C(C)(C)C)cc9ccc%10cc(C(C)(C)C)cc7c%10c98)c7cc8ccccc8cc57)-c5cc7ccccc7c7cccc-6c57)cc(c1)c2c34. The van der Waals surface area contributed by atoms with Gasteiger partial charge in [-0.1, -0.05) is 210 Å². The lowest BCUT2D eigenvalue weighted by molar-refractivity contribution is 0.591. The first kappa shape index (κ1) is 45.6. The maximum absolute atomic E-state index is 2.61. The second kappa shape index (κ2) is 15.0. The fourth-order valence-electron chi connectivity index (χ4n) is 13.8. The Bertz CT molecular complexity index is 4870. The van der Waals surface area contributed by atoms with Gasteiger partial charge in [-0.05, 0) is 239 Å². The molecule has 0 saturated heterocycles. The zero-order valence-electron chi connectivity index (χ0n) is 46.2. The lowest BCUT2D eigenvalue weighted by Gasteiger charge is -2.27. The van der Waals surface area contributed by atoms with Crippen molar-refractivity contribution in [3.8, 4) is 44.5 Å². The Morgan fingerprint density at radius 1 is 0.197 bits per heavy atom. The van der Waals surface area contributed by atoms with E-state index in [1.165, 1.54) is 174 Å². The molecule has 0 unspecified atom stereocenters. The summed E-state index contributed by atoms with van der Waals surface area (Å²) < 4.78 is 0. The molecule has 0 heteroatoms. The van der Waals surface area contributed by atoms with Crippen LogP contribution in [0.5, 0.6) is 0 Å². The highest BCUT2D eigenvalue weighted by molar-refractivity contribution is 6.37. The number of hydrogen-bond acceptors (Lipinski definition) is 0. The predicted octanol–water partition coefficient (Wildman–Crippen LogP) is 22.3. The first-order valence-electron chi connectivity index (χ1n) is 27.7. The molecule has 0 spiro atoms. The molecule has 0 radical (unpaired) electrons. The van der Waals surface area contributed by atoms with E-state index >= 15 is 0 Å². The summed E-state index contributed by atoms with van der Waals surface area (Å²) in [6, 6.07) is 67.9. The van der Waals surface area contributed by atoms with Crippen LogP contribution in [-0.4, -0.2) is 0 Å². The van der Waals surface area contributed by atoms with E-state index in [0.29, 0.717) is 0 Å². The Morgan fingerprint density at radius 2 is 0.566 bits per heavy atom. The summed E-state index contributed by atoms with van der Waals surface area (Å²) >= 11 is 0. The lowest BCUT2D eigenvalue weighted by Crippen LogP contribution is -2.12. The van der Waals surface area contributed by atoms with Gasteiger partial charge in [0.25, 0.3) is 0 Å². The van der Waals surface area contributed by atoms with Gasteiger partial charge in [0.15, 0.2) is 0 Å². The molecule has 0 N–H and O–H groups in total. The Balaban J connectivity index is 1.23. The summed E-state index contributed by atoms with van der Waals surface area (Å²) in [5, 5.41) is 26.3. The van der Waals surface area contributed by atoms with Crippen molar-refractivity contribution in [2.24, 2.45) is 0 Å². The summed E-state index contributed by atoms with van der Waals surface area (Å²) in [5.74, 6) is 0. The lowest BCUT2D eigenvalue weighted by atomic mass is 9.76. The van der Waals surface area contributed by atoms with Gasteiger partial charge in [-0.3, -0.25) is 0 Å². The third-order valence-electron chi connectivity index (χ3n) is 17.9. The van der Waals surface area contributed by atoms with Crippen LogP contribution in [0.15, 0.2) is 170 Å². The van der Waals surface area contributed by atoms with Crippen LogP contribution in [0.2, 0.25) is 0 Å². The van der Waals surface area contributed by atoms with Crippen LogP contribution in [0.4, 0.5) is 0 Å². The van der Waals surface area contributed by atoms with E-state index in [2.05, 4.69) is 253 Å². The molecule has 1 aliphatic carbocycles. The van der Waals surface area contributed by atoms with Crippen LogP contribution in [0.1, 0.15) is 105 Å². The summed E-state index contributed by atoms with van der Waals surface area (Å²) in [6.07, 6.45) is 0. The Hall–Kier alpha value is -7.80. The predicted molar refractivity (Wildman–Crippen MR) is 334 cm³/mol. The van der Waals surface area contributed by atoms with Crippen molar-refractivity contribution >= 4 is 108 Å².